The van der Waals surface area contributed by atoms with E-state index in [9.17, 15) is 5.11 Å². The molecule has 2 nitrogen and oxygen atoms in total. The zero-order valence-electron chi connectivity index (χ0n) is 10.6. The predicted octanol–water partition coefficient (Wildman–Crippen LogP) is 3.11. The number of hydrogen-bond donors (Lipinski definition) is 2. The lowest BCUT2D eigenvalue weighted by atomic mass is 10.1. The maximum absolute atomic E-state index is 9.81. The number of nitrogens with one attached hydrogen (secondary N) is 1. The minimum absolute atomic E-state index is 0.425. The van der Waals surface area contributed by atoms with Crippen molar-refractivity contribution in [1.29, 1.82) is 0 Å². The number of rotatable bonds is 5. The van der Waals surface area contributed by atoms with Crippen LogP contribution in [0.4, 0.5) is 0 Å². The molecule has 17 heavy (non-hydrogen) atoms. The van der Waals surface area contributed by atoms with Crippen molar-refractivity contribution in [3.8, 4) is 5.75 Å². The molecule has 2 atom stereocenters. The summed E-state index contributed by atoms with van der Waals surface area (Å²) in [4.78, 5) is 0. The van der Waals surface area contributed by atoms with Crippen molar-refractivity contribution >= 4 is 11.8 Å². The van der Waals surface area contributed by atoms with E-state index in [1.807, 2.05) is 17.8 Å². The van der Waals surface area contributed by atoms with Gasteiger partial charge in [0.1, 0.15) is 5.75 Å². The highest BCUT2D eigenvalue weighted by molar-refractivity contribution is 7.98. The predicted molar refractivity (Wildman–Crippen MR) is 74.8 cm³/mol. The Balaban J connectivity index is 2.09. The molecule has 1 aliphatic carbocycles. The Morgan fingerprint density at radius 3 is 3.06 bits per heavy atom. The molecule has 2 unspecified atom stereocenters. The molecule has 2 rings (SSSR count). The number of hydrogen-bond acceptors (Lipinski definition) is 3. The lowest BCUT2D eigenvalue weighted by Gasteiger charge is -2.22. The summed E-state index contributed by atoms with van der Waals surface area (Å²) in [5, 5.41) is 13.5. The molecule has 0 amide bonds. The lowest BCUT2D eigenvalue weighted by Crippen LogP contribution is -2.33. The Labute approximate surface area is 108 Å². The van der Waals surface area contributed by atoms with Crippen LogP contribution >= 0.6 is 11.8 Å². The second-order valence-electron chi connectivity index (χ2n) is 4.66. The van der Waals surface area contributed by atoms with E-state index in [2.05, 4.69) is 24.6 Å². The molecule has 0 aliphatic heterocycles. The fourth-order valence-electron chi connectivity index (χ4n) is 2.58. The zero-order valence-corrected chi connectivity index (χ0v) is 11.4. The third kappa shape index (κ3) is 2.78. The van der Waals surface area contributed by atoms with Gasteiger partial charge in [-0.15, -0.1) is 0 Å². The highest BCUT2D eigenvalue weighted by Crippen LogP contribution is 2.36. The molecule has 94 valence electrons. The number of thioether (sulfide) groups is 1. The Hall–Kier alpha value is -0.670. The first-order valence-electron chi connectivity index (χ1n) is 6.32. The van der Waals surface area contributed by atoms with Crippen molar-refractivity contribution < 1.29 is 5.11 Å². The van der Waals surface area contributed by atoms with Gasteiger partial charge < -0.3 is 10.4 Å². The minimum atomic E-state index is 0.425. The molecule has 0 saturated heterocycles. The van der Waals surface area contributed by atoms with E-state index >= 15 is 0 Å². The SMILES string of the molecule is CCC(CSC)NC1CCc2c(O)cccc21. The van der Waals surface area contributed by atoms with Gasteiger partial charge in [-0.2, -0.15) is 11.8 Å². The van der Waals surface area contributed by atoms with E-state index in [-0.39, 0.29) is 0 Å². The van der Waals surface area contributed by atoms with Gasteiger partial charge in [0, 0.05) is 17.8 Å². The molecule has 0 bridgehead atoms. The van der Waals surface area contributed by atoms with E-state index in [4.69, 9.17) is 0 Å². The second-order valence-corrected chi connectivity index (χ2v) is 5.57. The summed E-state index contributed by atoms with van der Waals surface area (Å²) < 4.78 is 0. The zero-order chi connectivity index (χ0) is 12.3. The van der Waals surface area contributed by atoms with Crippen LogP contribution in [0.5, 0.6) is 5.75 Å². The van der Waals surface area contributed by atoms with E-state index < -0.39 is 0 Å². The van der Waals surface area contributed by atoms with Crippen LogP contribution < -0.4 is 5.32 Å². The van der Waals surface area contributed by atoms with Gasteiger partial charge >= 0.3 is 0 Å². The summed E-state index contributed by atoms with van der Waals surface area (Å²) in [7, 11) is 0. The Bertz CT molecular complexity index is 380. The highest BCUT2D eigenvalue weighted by Gasteiger charge is 2.25. The van der Waals surface area contributed by atoms with Gasteiger partial charge in [0.2, 0.25) is 0 Å². The van der Waals surface area contributed by atoms with Crippen molar-refractivity contribution in [3.05, 3.63) is 29.3 Å². The van der Waals surface area contributed by atoms with E-state index in [1.54, 1.807) is 6.07 Å². The molecule has 3 heteroatoms. The van der Waals surface area contributed by atoms with Gasteiger partial charge in [0.05, 0.1) is 0 Å². The highest BCUT2D eigenvalue weighted by atomic mass is 32.2. The summed E-state index contributed by atoms with van der Waals surface area (Å²) in [5.74, 6) is 1.62. The fourth-order valence-corrected chi connectivity index (χ4v) is 3.31. The van der Waals surface area contributed by atoms with Crippen LogP contribution in [0.2, 0.25) is 0 Å². The number of phenols is 1. The number of benzene rings is 1. The minimum Gasteiger partial charge on any atom is -0.508 e. The molecule has 0 aromatic heterocycles. The van der Waals surface area contributed by atoms with E-state index in [1.165, 1.54) is 5.56 Å². The molecule has 0 saturated carbocycles. The Kier molecular flexibility index (Phi) is 4.35. The molecular formula is C14H21NOS. The maximum Gasteiger partial charge on any atom is 0.119 e. The monoisotopic (exact) mass is 251 g/mol. The van der Waals surface area contributed by atoms with Crippen molar-refractivity contribution in [1.82, 2.24) is 5.32 Å². The smallest absolute Gasteiger partial charge is 0.119 e. The lowest BCUT2D eigenvalue weighted by molar-refractivity contribution is 0.449. The van der Waals surface area contributed by atoms with E-state index in [0.29, 0.717) is 17.8 Å². The molecule has 0 heterocycles. The average molecular weight is 251 g/mol. The Morgan fingerprint density at radius 1 is 1.53 bits per heavy atom. The van der Waals surface area contributed by atoms with Gasteiger partial charge in [-0.1, -0.05) is 19.1 Å². The van der Waals surface area contributed by atoms with Crippen LogP contribution in [0.15, 0.2) is 18.2 Å². The van der Waals surface area contributed by atoms with Crippen molar-refractivity contribution in [2.24, 2.45) is 0 Å². The van der Waals surface area contributed by atoms with Crippen molar-refractivity contribution in [2.45, 2.75) is 38.3 Å². The van der Waals surface area contributed by atoms with Crippen LogP contribution in [0.3, 0.4) is 0 Å². The van der Waals surface area contributed by atoms with Crippen molar-refractivity contribution in [3.63, 3.8) is 0 Å². The van der Waals surface area contributed by atoms with Gasteiger partial charge in [0.25, 0.3) is 0 Å². The van der Waals surface area contributed by atoms with Crippen LogP contribution in [0.1, 0.15) is 36.9 Å². The molecule has 1 aromatic rings. The van der Waals surface area contributed by atoms with Crippen molar-refractivity contribution in [2.75, 3.05) is 12.0 Å². The first-order chi connectivity index (χ1) is 8.26. The molecule has 0 fully saturated rings. The Morgan fingerprint density at radius 2 is 2.35 bits per heavy atom. The normalized spacial score (nSPS) is 20.2. The summed E-state index contributed by atoms with van der Waals surface area (Å²) in [6.07, 6.45) is 5.41. The van der Waals surface area contributed by atoms with Crippen LogP contribution in [0, 0.1) is 0 Å². The quantitative estimate of drug-likeness (QED) is 0.843. The number of phenolic OH excluding ortho intramolecular Hbond substituents is 1. The molecule has 0 radical (unpaired) electrons. The molecule has 2 N–H and O–H groups in total. The number of aromatic hydroxyl groups is 1. The summed E-state index contributed by atoms with van der Waals surface area (Å²) in [6, 6.07) is 6.88. The largest absolute Gasteiger partial charge is 0.508 e. The summed E-state index contributed by atoms with van der Waals surface area (Å²) in [5.41, 5.74) is 2.44. The first kappa shape index (κ1) is 12.8. The average Bonchev–Trinajstić information content (AvgIpc) is 2.73. The third-order valence-corrected chi connectivity index (χ3v) is 4.28. The van der Waals surface area contributed by atoms with Crippen LogP contribution in [-0.4, -0.2) is 23.2 Å². The van der Waals surface area contributed by atoms with Crippen LogP contribution in [0.25, 0.3) is 0 Å². The van der Waals surface area contributed by atoms with E-state index in [0.717, 1.165) is 30.6 Å². The topological polar surface area (TPSA) is 32.3 Å². The first-order valence-corrected chi connectivity index (χ1v) is 7.71. The number of fused-ring (bicyclic) bond motifs is 1. The third-order valence-electron chi connectivity index (χ3n) is 3.54. The molecular weight excluding hydrogens is 230 g/mol. The molecule has 1 aromatic carbocycles. The van der Waals surface area contributed by atoms with Gasteiger partial charge in [-0.3, -0.25) is 0 Å². The fraction of sp³-hybridized carbons (Fsp3) is 0.571. The van der Waals surface area contributed by atoms with Gasteiger partial charge in [0.15, 0.2) is 0 Å². The summed E-state index contributed by atoms with van der Waals surface area (Å²) >= 11 is 1.89. The van der Waals surface area contributed by atoms with Gasteiger partial charge in [-0.05, 0) is 42.7 Å². The molecule has 1 aliphatic rings. The molecule has 0 spiro atoms. The van der Waals surface area contributed by atoms with Crippen LogP contribution in [-0.2, 0) is 6.42 Å². The second kappa shape index (κ2) is 5.78. The van der Waals surface area contributed by atoms with Gasteiger partial charge in [-0.25, -0.2) is 0 Å². The summed E-state index contributed by atoms with van der Waals surface area (Å²) in [6.45, 7) is 2.23. The maximum atomic E-state index is 9.81. The standard InChI is InChI=1S/C14H21NOS/c1-3-10(9-17-2)15-13-8-7-12-11(13)5-4-6-14(12)16/h4-6,10,13,15-16H,3,7-9H2,1-2H3.